The first-order valence-corrected chi connectivity index (χ1v) is 14.8. The monoisotopic (exact) mass is 681 g/mol. The molecule has 0 bridgehead atoms. The molecule has 2 N–H and O–H groups in total. The average Bonchev–Trinajstić information content (AvgIpc) is 3.33. The number of amides is 1. The van der Waals surface area contributed by atoms with Crippen LogP contribution < -0.4 is 10.7 Å². The van der Waals surface area contributed by atoms with Gasteiger partial charge in [-0.15, -0.1) is 10.2 Å². The van der Waals surface area contributed by atoms with Crippen LogP contribution in [0.2, 0.25) is 0 Å². The number of halogens is 9. The van der Waals surface area contributed by atoms with Crippen LogP contribution in [0.5, 0.6) is 0 Å². The van der Waals surface area contributed by atoms with Crippen molar-refractivity contribution in [2.24, 2.45) is 11.0 Å². The largest absolute Gasteiger partial charge is 0.416 e. The van der Waals surface area contributed by atoms with E-state index >= 15 is 0 Å². The van der Waals surface area contributed by atoms with Crippen LogP contribution >= 0.6 is 0 Å². The van der Waals surface area contributed by atoms with Gasteiger partial charge < -0.3 is 10.2 Å². The number of benzene rings is 2. The molecule has 2 aromatic rings. The molecule has 0 spiro atoms. The highest BCUT2D eigenvalue weighted by atomic mass is 19.4. The Morgan fingerprint density at radius 2 is 1.49 bits per heavy atom. The van der Waals surface area contributed by atoms with E-state index in [1.807, 2.05) is 6.92 Å². The van der Waals surface area contributed by atoms with Crippen LogP contribution in [0, 0.1) is 5.92 Å². The van der Waals surface area contributed by atoms with E-state index in [1.54, 1.807) is 14.1 Å². The van der Waals surface area contributed by atoms with Crippen molar-refractivity contribution in [3.05, 3.63) is 69.8 Å². The maximum atomic E-state index is 14.0. The van der Waals surface area contributed by atoms with E-state index in [-0.39, 0.29) is 47.6 Å². The number of nitrogens with zero attached hydrogens (tertiary/aromatic N) is 5. The second-order valence-electron chi connectivity index (χ2n) is 11.6. The molecule has 0 saturated carbocycles. The van der Waals surface area contributed by atoms with Gasteiger partial charge in [-0.1, -0.05) is 13.0 Å². The fourth-order valence-electron chi connectivity index (χ4n) is 5.92. The molecule has 2 aromatic carbocycles. The number of likely N-dealkylation sites (tertiary alicyclic amines) is 1. The van der Waals surface area contributed by atoms with Crippen molar-refractivity contribution in [3.63, 3.8) is 0 Å². The van der Waals surface area contributed by atoms with Crippen molar-refractivity contribution in [3.8, 4) is 0 Å². The van der Waals surface area contributed by atoms with Gasteiger partial charge >= 0.3 is 18.5 Å². The van der Waals surface area contributed by atoms with Crippen LogP contribution in [-0.4, -0.2) is 66.1 Å². The van der Waals surface area contributed by atoms with E-state index in [0.717, 1.165) is 12.1 Å². The number of hydrazine groups is 2. The molecule has 0 aromatic heterocycles. The van der Waals surface area contributed by atoms with Crippen LogP contribution in [-0.2, 0) is 36.4 Å². The molecule has 2 heterocycles. The van der Waals surface area contributed by atoms with E-state index in [4.69, 9.17) is 0 Å². The smallest absolute Gasteiger partial charge is 0.359 e. The number of carbonyl (C=O) groups excluding carboxylic acids is 1. The highest BCUT2D eigenvalue weighted by Crippen LogP contribution is 2.39. The second kappa shape index (κ2) is 13.8. The molecule has 1 fully saturated rings. The number of carbonyl (C=O) groups is 1. The third kappa shape index (κ3) is 8.60. The molecule has 1 saturated heterocycles. The van der Waals surface area contributed by atoms with Crippen molar-refractivity contribution in [2.75, 3.05) is 34.2 Å². The van der Waals surface area contributed by atoms with Crippen molar-refractivity contribution in [1.82, 2.24) is 30.8 Å². The predicted molar refractivity (Wildman–Crippen MR) is 155 cm³/mol. The van der Waals surface area contributed by atoms with Gasteiger partial charge in [0.25, 0.3) is 0 Å². The maximum absolute atomic E-state index is 14.0. The third-order valence-corrected chi connectivity index (χ3v) is 8.42. The van der Waals surface area contributed by atoms with Gasteiger partial charge in [0.1, 0.15) is 0 Å². The van der Waals surface area contributed by atoms with E-state index in [2.05, 4.69) is 20.7 Å². The summed E-state index contributed by atoms with van der Waals surface area (Å²) in [6.45, 7) is 1.97. The van der Waals surface area contributed by atoms with Gasteiger partial charge in [0.15, 0.2) is 0 Å². The lowest BCUT2D eigenvalue weighted by molar-refractivity contribution is -0.143. The van der Waals surface area contributed by atoms with Gasteiger partial charge in [-0.2, -0.15) is 39.5 Å². The van der Waals surface area contributed by atoms with Crippen molar-refractivity contribution >= 4 is 11.9 Å². The minimum Gasteiger partial charge on any atom is -0.359 e. The zero-order valence-electron chi connectivity index (χ0n) is 26.1. The first-order valence-electron chi connectivity index (χ1n) is 14.8. The topological polar surface area (TPSA) is 66.5 Å². The molecule has 4 rings (SSSR count). The summed E-state index contributed by atoms with van der Waals surface area (Å²) in [5, 5.41) is 9.60. The molecule has 0 aliphatic carbocycles. The summed E-state index contributed by atoms with van der Waals surface area (Å²) in [4.78, 5) is 15.6. The summed E-state index contributed by atoms with van der Waals surface area (Å²) in [7, 11) is 4.62. The van der Waals surface area contributed by atoms with Crippen LogP contribution in [0.4, 0.5) is 39.5 Å². The Morgan fingerprint density at radius 1 is 0.915 bits per heavy atom. The Hall–Kier alpha value is -3.73. The SMILES string of the molecule is CCC(c1ccc(C(F)(F)F)cc1CN(Cc1cc(C(F)(F)F)cc(C(F)(F)F)c1)C1=NN(C)N(C)N1)N1CCC(C(=O)NC)CC1. The molecule has 17 heteroatoms. The number of alkyl halides is 9. The minimum atomic E-state index is -5.09. The molecular weight excluding hydrogens is 645 g/mol. The maximum Gasteiger partial charge on any atom is 0.416 e. The Kier molecular flexibility index (Phi) is 10.6. The van der Waals surface area contributed by atoms with E-state index < -0.39 is 41.8 Å². The standard InChI is InChI=1S/C30H36F9N7O/c1-5-25(45-10-8-19(9-11-45)26(47)40-2)24-7-6-21(28(31,32)33)14-20(24)17-46(27-41-43(3)44(4)42-27)16-18-12-22(29(34,35)36)15-23(13-18)30(37,38)39/h6-7,12-15,19,25H,5,8-11,16-17H2,1-4H3,(H,40,47)(H,41,42). The normalized spacial score (nSPS) is 17.8. The highest BCUT2D eigenvalue weighted by Gasteiger charge is 2.38. The lowest BCUT2D eigenvalue weighted by Crippen LogP contribution is -2.45. The van der Waals surface area contributed by atoms with E-state index in [9.17, 15) is 44.3 Å². The fraction of sp³-hybridized carbons (Fsp3) is 0.533. The molecule has 1 atom stereocenters. The number of hydrogen-bond acceptors (Lipinski definition) is 7. The number of hydrogen-bond donors (Lipinski definition) is 2. The highest BCUT2D eigenvalue weighted by molar-refractivity contribution is 5.80. The van der Waals surface area contributed by atoms with Gasteiger partial charge in [-0.05, 0) is 79.4 Å². The second-order valence-corrected chi connectivity index (χ2v) is 11.6. The molecule has 1 amide bonds. The van der Waals surface area contributed by atoms with Crippen molar-refractivity contribution < 1.29 is 44.3 Å². The number of rotatable bonds is 8. The summed E-state index contributed by atoms with van der Waals surface area (Å²) in [5.74, 6) is -0.291. The molecular formula is C30H36F9N7O. The number of guanidine groups is 1. The summed E-state index contributed by atoms with van der Waals surface area (Å²) in [6, 6.07) is 4.09. The van der Waals surface area contributed by atoms with Crippen molar-refractivity contribution in [1.29, 1.82) is 0 Å². The van der Waals surface area contributed by atoms with Gasteiger partial charge in [0, 0.05) is 46.2 Å². The lowest BCUT2D eigenvalue weighted by atomic mass is 9.90. The zero-order valence-corrected chi connectivity index (χ0v) is 26.1. The Morgan fingerprint density at radius 3 is 1.96 bits per heavy atom. The van der Waals surface area contributed by atoms with E-state index in [1.165, 1.54) is 28.2 Å². The quantitative estimate of drug-likeness (QED) is 0.323. The molecule has 8 nitrogen and oxygen atoms in total. The fourth-order valence-corrected chi connectivity index (χ4v) is 5.92. The van der Waals surface area contributed by atoms with E-state index in [0.29, 0.717) is 50.0 Å². The Balaban J connectivity index is 1.78. The Bertz CT molecular complexity index is 1420. The van der Waals surface area contributed by atoms with Gasteiger partial charge in [0.05, 0.1) is 16.7 Å². The first kappa shape index (κ1) is 36.1. The molecule has 1 unspecified atom stereocenters. The van der Waals surface area contributed by atoms with Crippen LogP contribution in [0.15, 0.2) is 41.5 Å². The Labute approximate surface area is 266 Å². The minimum absolute atomic E-state index is 0.00349. The molecule has 2 aliphatic heterocycles. The van der Waals surface area contributed by atoms with Crippen LogP contribution in [0.1, 0.15) is 65.6 Å². The molecule has 260 valence electrons. The van der Waals surface area contributed by atoms with Crippen LogP contribution in [0.3, 0.4) is 0 Å². The molecule has 47 heavy (non-hydrogen) atoms. The third-order valence-electron chi connectivity index (χ3n) is 8.42. The zero-order chi connectivity index (χ0) is 34.9. The summed E-state index contributed by atoms with van der Waals surface area (Å²) < 4.78 is 124. The van der Waals surface area contributed by atoms with Crippen molar-refractivity contribution in [2.45, 2.75) is 63.8 Å². The summed E-state index contributed by atoms with van der Waals surface area (Å²) >= 11 is 0. The average molecular weight is 682 g/mol. The summed E-state index contributed by atoms with van der Waals surface area (Å²) in [5.41, 5.74) is -0.815. The van der Waals surface area contributed by atoms with Gasteiger partial charge in [0.2, 0.25) is 11.9 Å². The lowest BCUT2D eigenvalue weighted by Gasteiger charge is -2.38. The molecule has 0 radical (unpaired) electrons. The number of piperidine rings is 1. The first-order chi connectivity index (χ1) is 21.8. The number of hydrazone groups is 1. The summed E-state index contributed by atoms with van der Waals surface area (Å²) in [6.07, 6.45) is -13.3. The van der Waals surface area contributed by atoms with Crippen LogP contribution in [0.25, 0.3) is 0 Å². The van der Waals surface area contributed by atoms with Gasteiger partial charge in [-0.3, -0.25) is 15.1 Å². The predicted octanol–water partition coefficient (Wildman–Crippen LogP) is 6.22. The molecule has 2 aliphatic rings. The number of nitrogens with one attached hydrogen (secondary N) is 2. The van der Waals surface area contributed by atoms with Gasteiger partial charge in [-0.25, -0.2) is 5.12 Å².